The van der Waals surface area contributed by atoms with Crippen molar-refractivity contribution in [1.82, 2.24) is 4.98 Å². The van der Waals surface area contributed by atoms with Crippen molar-refractivity contribution in [3.05, 3.63) is 24.0 Å². The first kappa shape index (κ1) is 14.7. The largest absolute Gasteiger partial charge is 0.469 e. The lowest BCUT2D eigenvalue weighted by Gasteiger charge is -2.08. The molecule has 0 aliphatic rings. The summed E-state index contributed by atoms with van der Waals surface area (Å²) < 4.78 is 4.65. The van der Waals surface area contributed by atoms with Crippen LogP contribution in [-0.2, 0) is 9.53 Å². The van der Waals surface area contributed by atoms with E-state index in [1.165, 1.54) is 18.9 Å². The van der Waals surface area contributed by atoms with Crippen LogP contribution in [0.1, 0.15) is 30.8 Å². The van der Waals surface area contributed by atoms with Gasteiger partial charge in [0.2, 0.25) is 0 Å². The molecule has 0 spiro atoms. The number of Topliss-reactive ketones (excluding diaryl/α,β-unsaturated/α-hetero) is 1. The van der Waals surface area contributed by atoms with Crippen LogP contribution in [0.3, 0.4) is 0 Å². The molecular weight excluding hydrogens is 250 g/mol. The number of thioether (sulfide) groups is 1. The lowest BCUT2D eigenvalue weighted by Crippen LogP contribution is -2.14. The average Bonchev–Trinajstić information content (AvgIpc) is 2.43. The third kappa shape index (κ3) is 4.14. The summed E-state index contributed by atoms with van der Waals surface area (Å²) in [5.41, 5.74) is 0.489. The predicted molar refractivity (Wildman–Crippen MR) is 70.8 cm³/mol. The highest BCUT2D eigenvalue weighted by Crippen LogP contribution is 2.20. The van der Waals surface area contributed by atoms with Crippen molar-refractivity contribution in [2.45, 2.75) is 25.2 Å². The fraction of sp³-hybridized carbons (Fsp3) is 0.462. The third-order valence-electron chi connectivity index (χ3n) is 2.45. The number of aromatic nitrogens is 1. The van der Waals surface area contributed by atoms with Gasteiger partial charge in [-0.3, -0.25) is 14.6 Å². The Hall–Kier alpha value is -1.36. The number of esters is 1. The zero-order valence-corrected chi connectivity index (χ0v) is 11.6. The van der Waals surface area contributed by atoms with Crippen LogP contribution in [0.25, 0.3) is 0 Å². The molecule has 0 aromatic carbocycles. The van der Waals surface area contributed by atoms with Crippen molar-refractivity contribution in [3.63, 3.8) is 0 Å². The van der Waals surface area contributed by atoms with Gasteiger partial charge in [0.15, 0.2) is 5.78 Å². The van der Waals surface area contributed by atoms with Gasteiger partial charge in [-0.15, -0.1) is 11.8 Å². The number of pyridine rings is 1. The summed E-state index contributed by atoms with van der Waals surface area (Å²) in [4.78, 5) is 27.7. The topological polar surface area (TPSA) is 56.3 Å². The van der Waals surface area contributed by atoms with E-state index in [0.29, 0.717) is 17.9 Å². The van der Waals surface area contributed by atoms with Gasteiger partial charge in [0, 0.05) is 23.3 Å². The number of ether oxygens (including phenoxy) is 1. The molecule has 0 fully saturated rings. The van der Waals surface area contributed by atoms with E-state index in [0.717, 1.165) is 4.90 Å². The van der Waals surface area contributed by atoms with Crippen molar-refractivity contribution >= 4 is 23.5 Å². The summed E-state index contributed by atoms with van der Waals surface area (Å²) in [6.45, 7) is 3.63. The van der Waals surface area contributed by atoms with E-state index in [4.69, 9.17) is 0 Å². The molecular formula is C13H17NO3S. The standard InChI is InChI=1S/C13H17NO3S/c1-4-12(15)11-6-5-10(7-14-11)18-8-9(2)13(16)17-3/h5-7,9H,4,8H2,1-3H3. The second-order valence-electron chi connectivity index (χ2n) is 3.89. The molecule has 0 radical (unpaired) electrons. The van der Waals surface area contributed by atoms with Crippen LogP contribution in [0.15, 0.2) is 23.2 Å². The molecule has 0 saturated carbocycles. The summed E-state index contributed by atoms with van der Waals surface area (Å²) >= 11 is 1.53. The van der Waals surface area contributed by atoms with Crippen molar-refractivity contribution in [3.8, 4) is 0 Å². The minimum atomic E-state index is -0.215. The number of ketones is 1. The maximum Gasteiger partial charge on any atom is 0.309 e. The quantitative estimate of drug-likeness (QED) is 0.450. The summed E-state index contributed by atoms with van der Waals surface area (Å²) in [6.07, 6.45) is 2.12. The second-order valence-corrected chi connectivity index (χ2v) is 4.98. The number of nitrogens with zero attached hydrogens (tertiary/aromatic N) is 1. The molecule has 0 aliphatic carbocycles. The Kier molecular flexibility index (Phi) is 5.85. The number of carbonyl (C=O) groups excluding carboxylic acids is 2. The summed E-state index contributed by atoms with van der Waals surface area (Å²) in [7, 11) is 1.39. The van der Waals surface area contributed by atoms with E-state index in [2.05, 4.69) is 9.72 Å². The molecule has 98 valence electrons. The lowest BCUT2D eigenvalue weighted by atomic mass is 10.2. The normalized spacial score (nSPS) is 11.9. The molecule has 1 heterocycles. The van der Waals surface area contributed by atoms with Gasteiger partial charge in [0.1, 0.15) is 5.69 Å². The molecule has 1 rings (SSSR count). The first-order chi connectivity index (χ1) is 8.58. The summed E-state index contributed by atoms with van der Waals surface area (Å²) in [5.74, 6) is 0.301. The second kappa shape index (κ2) is 7.16. The number of hydrogen-bond donors (Lipinski definition) is 0. The van der Waals surface area contributed by atoms with E-state index >= 15 is 0 Å². The number of carbonyl (C=O) groups is 2. The number of rotatable bonds is 6. The van der Waals surface area contributed by atoms with Crippen LogP contribution in [0.5, 0.6) is 0 Å². The molecule has 18 heavy (non-hydrogen) atoms. The smallest absolute Gasteiger partial charge is 0.309 e. The Morgan fingerprint density at radius 3 is 2.67 bits per heavy atom. The molecule has 4 nitrogen and oxygen atoms in total. The maximum absolute atomic E-state index is 11.4. The van der Waals surface area contributed by atoms with Gasteiger partial charge in [0.25, 0.3) is 0 Å². The van der Waals surface area contributed by atoms with Crippen LogP contribution in [0.4, 0.5) is 0 Å². The molecule has 0 saturated heterocycles. The van der Waals surface area contributed by atoms with Gasteiger partial charge >= 0.3 is 5.97 Å². The Bertz CT molecular complexity index is 417. The predicted octanol–water partition coefficient (Wildman–Crippen LogP) is 2.58. The Morgan fingerprint density at radius 2 is 2.17 bits per heavy atom. The van der Waals surface area contributed by atoms with Crippen molar-refractivity contribution in [1.29, 1.82) is 0 Å². The zero-order valence-electron chi connectivity index (χ0n) is 10.8. The van der Waals surface area contributed by atoms with Crippen molar-refractivity contribution in [2.24, 2.45) is 5.92 Å². The average molecular weight is 267 g/mol. The number of hydrogen-bond acceptors (Lipinski definition) is 5. The van der Waals surface area contributed by atoms with E-state index < -0.39 is 0 Å². The molecule has 1 atom stereocenters. The molecule has 1 aromatic heterocycles. The fourth-order valence-corrected chi connectivity index (χ4v) is 2.17. The van der Waals surface area contributed by atoms with Crippen LogP contribution >= 0.6 is 11.8 Å². The van der Waals surface area contributed by atoms with E-state index in [1.54, 1.807) is 12.3 Å². The van der Waals surface area contributed by atoms with Crippen molar-refractivity contribution < 1.29 is 14.3 Å². The van der Waals surface area contributed by atoms with Crippen LogP contribution < -0.4 is 0 Å². The van der Waals surface area contributed by atoms with Gasteiger partial charge in [0.05, 0.1) is 13.0 Å². The van der Waals surface area contributed by atoms with Gasteiger partial charge in [-0.1, -0.05) is 13.8 Å². The molecule has 0 amide bonds. The zero-order chi connectivity index (χ0) is 13.5. The first-order valence-electron chi connectivity index (χ1n) is 5.78. The Morgan fingerprint density at radius 1 is 1.44 bits per heavy atom. The lowest BCUT2D eigenvalue weighted by molar-refractivity contribution is -0.143. The van der Waals surface area contributed by atoms with Crippen molar-refractivity contribution in [2.75, 3.05) is 12.9 Å². The summed E-state index contributed by atoms with van der Waals surface area (Å²) in [6, 6.07) is 3.57. The molecule has 1 aromatic rings. The summed E-state index contributed by atoms with van der Waals surface area (Å²) in [5, 5.41) is 0. The fourth-order valence-electron chi connectivity index (χ4n) is 1.30. The third-order valence-corrected chi connectivity index (χ3v) is 3.69. The molecule has 0 N–H and O–H groups in total. The van der Waals surface area contributed by atoms with E-state index in [-0.39, 0.29) is 17.7 Å². The highest BCUT2D eigenvalue weighted by atomic mass is 32.2. The maximum atomic E-state index is 11.4. The molecule has 0 bridgehead atoms. The minimum Gasteiger partial charge on any atom is -0.469 e. The van der Waals surface area contributed by atoms with Gasteiger partial charge < -0.3 is 4.74 Å². The monoisotopic (exact) mass is 267 g/mol. The van der Waals surface area contributed by atoms with Gasteiger partial charge in [-0.2, -0.15) is 0 Å². The van der Waals surface area contributed by atoms with E-state index in [1.807, 2.05) is 19.9 Å². The van der Waals surface area contributed by atoms with E-state index in [9.17, 15) is 9.59 Å². The Labute approximate surface area is 111 Å². The van der Waals surface area contributed by atoms with Gasteiger partial charge in [-0.05, 0) is 12.1 Å². The Balaban J connectivity index is 2.54. The minimum absolute atomic E-state index is 0.0366. The highest BCUT2D eigenvalue weighted by Gasteiger charge is 2.13. The van der Waals surface area contributed by atoms with Crippen LogP contribution in [-0.4, -0.2) is 29.6 Å². The molecule has 5 heteroatoms. The number of methoxy groups -OCH3 is 1. The molecule has 0 aliphatic heterocycles. The van der Waals surface area contributed by atoms with Gasteiger partial charge in [-0.25, -0.2) is 0 Å². The SMILES string of the molecule is CCC(=O)c1ccc(SCC(C)C(=O)OC)cn1. The van der Waals surface area contributed by atoms with Crippen LogP contribution in [0.2, 0.25) is 0 Å². The first-order valence-corrected chi connectivity index (χ1v) is 6.77. The van der Waals surface area contributed by atoms with Crippen LogP contribution in [0, 0.1) is 5.92 Å². The highest BCUT2D eigenvalue weighted by molar-refractivity contribution is 7.99. The molecule has 1 unspecified atom stereocenters.